The number of sulfonamides is 1. The largest absolute Gasteiger partial charge is 0.493 e. The highest BCUT2D eigenvalue weighted by molar-refractivity contribution is 7.89. The predicted molar refractivity (Wildman–Crippen MR) is 106 cm³/mol. The SMILES string of the molecule is COc1ccc(C(CCN(C)S(=O)(=O)c2ccccc2)C2CC2)cc1OC. The van der Waals surface area contributed by atoms with E-state index in [0.717, 1.165) is 6.42 Å². The Kier molecular flexibility index (Phi) is 6.07. The highest BCUT2D eigenvalue weighted by Crippen LogP contribution is 2.46. The van der Waals surface area contributed by atoms with Gasteiger partial charge in [-0.15, -0.1) is 0 Å². The van der Waals surface area contributed by atoms with Crippen LogP contribution in [0.1, 0.15) is 30.7 Å². The number of hydrogen-bond donors (Lipinski definition) is 0. The summed E-state index contributed by atoms with van der Waals surface area (Å²) in [6.07, 6.45) is 3.16. The molecule has 0 aromatic heterocycles. The van der Waals surface area contributed by atoms with E-state index >= 15 is 0 Å². The molecule has 146 valence electrons. The van der Waals surface area contributed by atoms with Gasteiger partial charge in [-0.3, -0.25) is 0 Å². The van der Waals surface area contributed by atoms with Crippen molar-refractivity contribution in [2.24, 2.45) is 5.92 Å². The third kappa shape index (κ3) is 4.45. The molecule has 0 aliphatic heterocycles. The first kappa shape index (κ1) is 19.7. The Balaban J connectivity index is 1.74. The van der Waals surface area contributed by atoms with E-state index in [-0.39, 0.29) is 0 Å². The van der Waals surface area contributed by atoms with Crippen molar-refractivity contribution in [3.63, 3.8) is 0 Å². The topological polar surface area (TPSA) is 55.8 Å². The summed E-state index contributed by atoms with van der Waals surface area (Å²) in [5.41, 5.74) is 1.18. The van der Waals surface area contributed by atoms with E-state index in [1.54, 1.807) is 45.5 Å². The Bertz CT molecular complexity index is 863. The molecule has 0 heterocycles. The molecular weight excluding hydrogens is 362 g/mol. The molecule has 0 spiro atoms. The zero-order chi connectivity index (χ0) is 19.4. The minimum atomic E-state index is -3.46. The molecule has 2 aromatic carbocycles. The third-order valence-electron chi connectivity index (χ3n) is 5.23. The first-order valence-electron chi connectivity index (χ1n) is 9.20. The lowest BCUT2D eigenvalue weighted by atomic mass is 9.90. The van der Waals surface area contributed by atoms with Crippen LogP contribution in [-0.4, -0.2) is 40.5 Å². The fourth-order valence-corrected chi connectivity index (χ4v) is 4.68. The van der Waals surface area contributed by atoms with Crippen LogP contribution in [0.25, 0.3) is 0 Å². The van der Waals surface area contributed by atoms with Crippen molar-refractivity contribution in [2.45, 2.75) is 30.1 Å². The van der Waals surface area contributed by atoms with Gasteiger partial charge in [0.05, 0.1) is 19.1 Å². The zero-order valence-corrected chi connectivity index (χ0v) is 16.9. The van der Waals surface area contributed by atoms with E-state index in [0.29, 0.717) is 34.8 Å². The average molecular weight is 390 g/mol. The second-order valence-electron chi connectivity index (χ2n) is 6.99. The quantitative estimate of drug-likeness (QED) is 0.652. The molecule has 0 bridgehead atoms. The Hall–Kier alpha value is -2.05. The minimum absolute atomic E-state index is 0.318. The Morgan fingerprint density at radius 1 is 1.04 bits per heavy atom. The van der Waals surface area contributed by atoms with E-state index in [2.05, 4.69) is 6.07 Å². The van der Waals surface area contributed by atoms with Gasteiger partial charge in [-0.1, -0.05) is 24.3 Å². The first-order valence-corrected chi connectivity index (χ1v) is 10.6. The average Bonchev–Trinajstić information content (AvgIpc) is 3.53. The van der Waals surface area contributed by atoms with Crippen LogP contribution in [0.3, 0.4) is 0 Å². The molecule has 1 aliphatic rings. The molecule has 0 amide bonds. The summed E-state index contributed by atoms with van der Waals surface area (Å²) in [5.74, 6) is 2.35. The lowest BCUT2D eigenvalue weighted by molar-refractivity contribution is 0.353. The van der Waals surface area contributed by atoms with Gasteiger partial charge < -0.3 is 9.47 Å². The van der Waals surface area contributed by atoms with Gasteiger partial charge in [0.1, 0.15) is 0 Å². The van der Waals surface area contributed by atoms with Crippen molar-refractivity contribution in [1.82, 2.24) is 4.31 Å². The van der Waals surface area contributed by atoms with Crippen molar-refractivity contribution in [2.75, 3.05) is 27.8 Å². The molecule has 0 saturated heterocycles. The summed E-state index contributed by atoms with van der Waals surface area (Å²) in [4.78, 5) is 0.335. The molecule has 6 heteroatoms. The molecule has 27 heavy (non-hydrogen) atoms. The first-order chi connectivity index (χ1) is 13.0. The fraction of sp³-hybridized carbons (Fsp3) is 0.429. The molecular formula is C21H27NO4S. The molecule has 1 saturated carbocycles. The molecule has 3 rings (SSSR count). The second kappa shape index (κ2) is 8.31. The molecule has 0 radical (unpaired) electrons. The number of rotatable bonds is 9. The predicted octanol–water partition coefficient (Wildman–Crippen LogP) is 3.91. The highest BCUT2D eigenvalue weighted by Gasteiger charge is 2.33. The second-order valence-corrected chi connectivity index (χ2v) is 9.03. The summed E-state index contributed by atoms with van der Waals surface area (Å²) < 4.78 is 37.7. The number of methoxy groups -OCH3 is 2. The van der Waals surface area contributed by atoms with Crippen LogP contribution in [-0.2, 0) is 10.0 Å². The van der Waals surface area contributed by atoms with E-state index in [9.17, 15) is 8.42 Å². The van der Waals surface area contributed by atoms with Crippen LogP contribution in [0.4, 0.5) is 0 Å². The lowest BCUT2D eigenvalue weighted by Gasteiger charge is -2.23. The standard InChI is InChI=1S/C21H27NO4S/c1-22(27(23,24)18-7-5-4-6-8-18)14-13-19(16-9-10-16)17-11-12-20(25-2)21(15-17)26-3/h4-8,11-12,15-16,19H,9-10,13-14H2,1-3H3. The number of ether oxygens (including phenoxy) is 2. The molecule has 1 fully saturated rings. The monoisotopic (exact) mass is 389 g/mol. The smallest absolute Gasteiger partial charge is 0.242 e. The molecule has 1 atom stereocenters. The van der Waals surface area contributed by atoms with E-state index in [1.807, 2.05) is 18.2 Å². The Morgan fingerprint density at radius 2 is 1.70 bits per heavy atom. The summed E-state index contributed by atoms with van der Waals surface area (Å²) in [6.45, 7) is 0.479. The molecule has 5 nitrogen and oxygen atoms in total. The zero-order valence-electron chi connectivity index (χ0n) is 16.1. The van der Waals surface area contributed by atoms with Gasteiger partial charge in [-0.05, 0) is 60.9 Å². The van der Waals surface area contributed by atoms with E-state index in [1.165, 1.54) is 22.7 Å². The lowest BCUT2D eigenvalue weighted by Crippen LogP contribution is -2.29. The number of nitrogens with zero attached hydrogens (tertiary/aromatic N) is 1. The van der Waals surface area contributed by atoms with Gasteiger partial charge in [-0.25, -0.2) is 12.7 Å². The molecule has 0 N–H and O–H groups in total. The van der Waals surface area contributed by atoms with Crippen molar-refractivity contribution < 1.29 is 17.9 Å². The maximum absolute atomic E-state index is 12.7. The Morgan fingerprint density at radius 3 is 2.30 bits per heavy atom. The van der Waals surface area contributed by atoms with E-state index in [4.69, 9.17) is 9.47 Å². The number of benzene rings is 2. The van der Waals surface area contributed by atoms with Crippen LogP contribution in [0.5, 0.6) is 11.5 Å². The third-order valence-corrected chi connectivity index (χ3v) is 7.10. The van der Waals surface area contributed by atoms with Gasteiger partial charge >= 0.3 is 0 Å². The number of hydrogen-bond acceptors (Lipinski definition) is 4. The summed E-state index contributed by atoms with van der Waals surface area (Å²) >= 11 is 0. The van der Waals surface area contributed by atoms with Gasteiger partial charge in [0, 0.05) is 13.6 Å². The highest BCUT2D eigenvalue weighted by atomic mass is 32.2. The van der Waals surface area contributed by atoms with Gasteiger partial charge in [-0.2, -0.15) is 0 Å². The van der Waals surface area contributed by atoms with Crippen LogP contribution in [0, 0.1) is 5.92 Å². The van der Waals surface area contributed by atoms with Crippen LogP contribution in [0.15, 0.2) is 53.4 Å². The van der Waals surface area contributed by atoms with Crippen LogP contribution in [0.2, 0.25) is 0 Å². The van der Waals surface area contributed by atoms with Crippen molar-refractivity contribution in [3.05, 3.63) is 54.1 Å². The van der Waals surface area contributed by atoms with Crippen molar-refractivity contribution in [3.8, 4) is 11.5 Å². The maximum atomic E-state index is 12.7. The fourth-order valence-electron chi connectivity index (χ4n) is 3.47. The van der Waals surface area contributed by atoms with Crippen LogP contribution < -0.4 is 9.47 Å². The summed E-state index contributed by atoms with van der Waals surface area (Å²) in [7, 11) is 1.45. The van der Waals surface area contributed by atoms with Gasteiger partial charge in [0.25, 0.3) is 0 Å². The van der Waals surface area contributed by atoms with Gasteiger partial charge in [0.2, 0.25) is 10.0 Å². The van der Waals surface area contributed by atoms with Crippen molar-refractivity contribution in [1.29, 1.82) is 0 Å². The van der Waals surface area contributed by atoms with Gasteiger partial charge in [0.15, 0.2) is 11.5 Å². The maximum Gasteiger partial charge on any atom is 0.242 e. The van der Waals surface area contributed by atoms with Crippen LogP contribution >= 0.6 is 0 Å². The molecule has 2 aromatic rings. The minimum Gasteiger partial charge on any atom is -0.493 e. The Labute approximate surface area is 162 Å². The van der Waals surface area contributed by atoms with E-state index < -0.39 is 10.0 Å². The summed E-state index contributed by atoms with van der Waals surface area (Å²) in [5, 5.41) is 0. The molecule has 1 unspecified atom stereocenters. The molecule has 1 aliphatic carbocycles. The van der Waals surface area contributed by atoms with Crippen molar-refractivity contribution >= 4 is 10.0 Å². The summed E-state index contributed by atoms with van der Waals surface area (Å²) in [6, 6.07) is 14.6. The normalized spacial score (nSPS) is 15.6.